The molecule has 0 radical (unpaired) electrons. The predicted octanol–water partition coefficient (Wildman–Crippen LogP) is 1.96. The van der Waals surface area contributed by atoms with Gasteiger partial charge in [-0.15, -0.1) is 0 Å². The average molecular weight is 302 g/mol. The molecule has 108 valence electrons. The first-order valence-corrected chi connectivity index (χ1v) is 9.97. The number of nitrogens with zero attached hydrogens (tertiary/aromatic N) is 1. The van der Waals surface area contributed by atoms with Gasteiger partial charge >= 0.3 is 0 Å². The van der Waals surface area contributed by atoms with E-state index >= 15 is 0 Å². The molecule has 0 aromatic rings. The van der Waals surface area contributed by atoms with E-state index in [0.717, 1.165) is 23.8 Å². The molecule has 2 saturated heterocycles. The Kier molecular flexibility index (Phi) is 3.82. The molecule has 4 nitrogen and oxygen atoms in total. The van der Waals surface area contributed by atoms with Gasteiger partial charge in [0.2, 0.25) is 0 Å². The number of rotatable bonds is 2. The first-order chi connectivity index (χ1) is 9.10. The summed E-state index contributed by atoms with van der Waals surface area (Å²) in [5, 5.41) is 4.32. The highest BCUT2D eigenvalue weighted by atomic mass is 32.2. The quantitative estimate of drug-likeness (QED) is 0.847. The third-order valence-corrected chi connectivity index (χ3v) is 8.03. The SMILES string of the molecule is O=S1(=O)CCCC1CN=C1NC2(CCCCC2)CS1. The van der Waals surface area contributed by atoms with Crippen LogP contribution < -0.4 is 5.32 Å². The summed E-state index contributed by atoms with van der Waals surface area (Å²) in [5.74, 6) is 1.45. The van der Waals surface area contributed by atoms with Gasteiger partial charge in [-0.2, -0.15) is 0 Å². The van der Waals surface area contributed by atoms with Gasteiger partial charge in [0.05, 0.1) is 17.5 Å². The van der Waals surface area contributed by atoms with Crippen LogP contribution in [0.1, 0.15) is 44.9 Å². The Balaban J connectivity index is 1.60. The van der Waals surface area contributed by atoms with Gasteiger partial charge in [-0.05, 0) is 25.7 Å². The zero-order valence-corrected chi connectivity index (χ0v) is 12.9. The second kappa shape index (κ2) is 5.28. The molecule has 1 aliphatic carbocycles. The van der Waals surface area contributed by atoms with Crippen molar-refractivity contribution in [1.82, 2.24) is 5.32 Å². The molecular weight excluding hydrogens is 280 g/mol. The van der Waals surface area contributed by atoms with Gasteiger partial charge in [0.25, 0.3) is 0 Å². The fourth-order valence-corrected chi connectivity index (χ4v) is 6.29. The molecule has 1 N–H and O–H groups in total. The Morgan fingerprint density at radius 1 is 1.26 bits per heavy atom. The van der Waals surface area contributed by atoms with Crippen molar-refractivity contribution < 1.29 is 8.42 Å². The molecule has 2 aliphatic heterocycles. The van der Waals surface area contributed by atoms with Crippen molar-refractivity contribution in [3.8, 4) is 0 Å². The molecule has 19 heavy (non-hydrogen) atoms. The second-order valence-electron chi connectivity index (χ2n) is 6.03. The molecule has 3 fully saturated rings. The van der Waals surface area contributed by atoms with Crippen LogP contribution in [0.2, 0.25) is 0 Å². The summed E-state index contributed by atoms with van der Waals surface area (Å²) in [7, 11) is -2.86. The van der Waals surface area contributed by atoms with Crippen LogP contribution in [0.15, 0.2) is 4.99 Å². The van der Waals surface area contributed by atoms with Crippen LogP contribution in [-0.2, 0) is 9.84 Å². The third-order valence-electron chi connectivity index (χ3n) is 4.57. The molecule has 0 aromatic heterocycles. The number of aliphatic imine (C=N–C) groups is 1. The highest BCUT2D eigenvalue weighted by Crippen LogP contribution is 2.36. The number of nitrogens with one attached hydrogen (secondary N) is 1. The normalized spacial score (nSPS) is 34.7. The van der Waals surface area contributed by atoms with Gasteiger partial charge in [0, 0.05) is 11.3 Å². The largest absolute Gasteiger partial charge is 0.359 e. The van der Waals surface area contributed by atoms with Crippen LogP contribution in [0, 0.1) is 0 Å². The van der Waals surface area contributed by atoms with Crippen LogP contribution in [-0.4, -0.2) is 42.4 Å². The van der Waals surface area contributed by atoms with Gasteiger partial charge < -0.3 is 5.32 Å². The average Bonchev–Trinajstić information content (AvgIpc) is 2.92. The van der Waals surface area contributed by atoms with Gasteiger partial charge in [-0.1, -0.05) is 31.0 Å². The summed E-state index contributed by atoms with van der Waals surface area (Å²) in [4.78, 5) is 4.54. The van der Waals surface area contributed by atoms with Crippen LogP contribution in [0.3, 0.4) is 0 Å². The lowest BCUT2D eigenvalue weighted by molar-refractivity contribution is 0.303. The zero-order chi connectivity index (χ0) is 13.3. The summed E-state index contributed by atoms with van der Waals surface area (Å²) in [6.45, 7) is 0.452. The van der Waals surface area contributed by atoms with E-state index in [4.69, 9.17) is 0 Å². The van der Waals surface area contributed by atoms with E-state index in [0.29, 0.717) is 12.3 Å². The molecule has 6 heteroatoms. The number of thioether (sulfide) groups is 1. The van der Waals surface area contributed by atoms with Crippen molar-refractivity contribution in [2.45, 2.75) is 55.7 Å². The topological polar surface area (TPSA) is 58.5 Å². The Bertz CT molecular complexity index is 467. The monoisotopic (exact) mass is 302 g/mol. The Morgan fingerprint density at radius 3 is 2.74 bits per heavy atom. The molecule has 3 rings (SSSR count). The minimum absolute atomic E-state index is 0.231. The lowest BCUT2D eigenvalue weighted by atomic mass is 9.83. The first kappa shape index (κ1) is 13.7. The van der Waals surface area contributed by atoms with Crippen LogP contribution >= 0.6 is 11.8 Å². The van der Waals surface area contributed by atoms with E-state index < -0.39 is 9.84 Å². The van der Waals surface area contributed by atoms with Crippen LogP contribution in [0.25, 0.3) is 0 Å². The predicted molar refractivity (Wildman–Crippen MR) is 80.5 cm³/mol. The lowest BCUT2D eigenvalue weighted by Crippen LogP contribution is -2.45. The maximum atomic E-state index is 11.8. The van der Waals surface area contributed by atoms with E-state index in [1.165, 1.54) is 32.1 Å². The number of amidine groups is 1. The van der Waals surface area contributed by atoms with Crippen molar-refractivity contribution in [2.24, 2.45) is 4.99 Å². The molecular formula is C13H22N2O2S2. The lowest BCUT2D eigenvalue weighted by Gasteiger charge is -2.32. The van der Waals surface area contributed by atoms with E-state index in [1.807, 2.05) is 0 Å². The maximum absolute atomic E-state index is 11.8. The van der Waals surface area contributed by atoms with Gasteiger partial charge in [0.1, 0.15) is 0 Å². The molecule has 3 aliphatic rings. The minimum Gasteiger partial charge on any atom is -0.359 e. The first-order valence-electron chi connectivity index (χ1n) is 7.27. The summed E-state index contributed by atoms with van der Waals surface area (Å²) in [6.07, 6.45) is 8.02. The van der Waals surface area contributed by atoms with Crippen LogP contribution in [0.5, 0.6) is 0 Å². The van der Waals surface area contributed by atoms with Crippen molar-refractivity contribution in [3.63, 3.8) is 0 Å². The minimum atomic E-state index is -2.86. The Morgan fingerprint density at radius 2 is 2.05 bits per heavy atom. The van der Waals surface area contributed by atoms with Gasteiger partial charge in [-0.25, -0.2) is 8.42 Å². The van der Waals surface area contributed by atoms with Gasteiger partial charge in [-0.3, -0.25) is 4.99 Å². The standard InChI is InChI=1S/C13H22N2O2S2/c16-19(17)8-4-5-11(19)9-14-12-15-13(10-18-12)6-2-1-3-7-13/h11H,1-10H2,(H,14,15). The smallest absolute Gasteiger partial charge is 0.157 e. The summed E-state index contributed by atoms with van der Waals surface area (Å²) in [6, 6.07) is 0. The highest BCUT2D eigenvalue weighted by Gasteiger charge is 2.38. The molecule has 1 spiro atoms. The second-order valence-corrected chi connectivity index (χ2v) is 9.40. The molecule has 1 saturated carbocycles. The zero-order valence-electron chi connectivity index (χ0n) is 11.2. The number of hydrogen-bond donors (Lipinski definition) is 1. The Hall–Kier alpha value is -0.230. The fraction of sp³-hybridized carbons (Fsp3) is 0.923. The van der Waals surface area contributed by atoms with E-state index in [9.17, 15) is 8.42 Å². The number of sulfone groups is 1. The van der Waals surface area contributed by atoms with Crippen molar-refractivity contribution in [2.75, 3.05) is 18.1 Å². The van der Waals surface area contributed by atoms with E-state index in [-0.39, 0.29) is 10.8 Å². The molecule has 0 bridgehead atoms. The van der Waals surface area contributed by atoms with E-state index in [2.05, 4.69) is 10.3 Å². The van der Waals surface area contributed by atoms with Crippen molar-refractivity contribution >= 4 is 26.8 Å². The molecule has 2 heterocycles. The summed E-state index contributed by atoms with van der Waals surface area (Å²) < 4.78 is 23.5. The molecule has 1 atom stereocenters. The van der Waals surface area contributed by atoms with Gasteiger partial charge in [0.15, 0.2) is 15.0 Å². The summed E-state index contributed by atoms with van der Waals surface area (Å²) in [5.41, 5.74) is 0.260. The Labute approximate surface area is 119 Å². The van der Waals surface area contributed by atoms with Crippen molar-refractivity contribution in [1.29, 1.82) is 0 Å². The highest BCUT2D eigenvalue weighted by molar-refractivity contribution is 8.14. The molecule has 1 unspecified atom stereocenters. The molecule has 0 amide bonds. The van der Waals surface area contributed by atoms with E-state index in [1.54, 1.807) is 11.8 Å². The summed E-state index contributed by atoms with van der Waals surface area (Å²) >= 11 is 1.78. The third kappa shape index (κ3) is 2.94. The number of hydrogen-bond acceptors (Lipinski definition) is 4. The molecule has 0 aromatic carbocycles. The fourth-order valence-electron chi connectivity index (χ4n) is 3.34. The maximum Gasteiger partial charge on any atom is 0.157 e. The van der Waals surface area contributed by atoms with Crippen molar-refractivity contribution in [3.05, 3.63) is 0 Å². The van der Waals surface area contributed by atoms with Crippen LogP contribution in [0.4, 0.5) is 0 Å².